The van der Waals surface area contributed by atoms with Crippen molar-refractivity contribution in [2.45, 2.75) is 26.8 Å². The van der Waals surface area contributed by atoms with E-state index in [9.17, 15) is 4.79 Å². The van der Waals surface area contributed by atoms with Crippen molar-refractivity contribution in [2.24, 2.45) is 0 Å². The van der Waals surface area contributed by atoms with E-state index in [2.05, 4.69) is 29.7 Å². The second-order valence-corrected chi connectivity index (χ2v) is 5.99. The summed E-state index contributed by atoms with van der Waals surface area (Å²) in [6, 6.07) is 9.64. The Balaban J connectivity index is 2.02. The van der Waals surface area contributed by atoms with Crippen molar-refractivity contribution in [3.8, 4) is 0 Å². The third-order valence-corrected chi connectivity index (χ3v) is 4.40. The standard InChI is InChI=1S/C16H21N3OS/c1-3-12-6-7-13(21-12)10-19-15-8-5-11(9-14(15)17)16(20)18-4-2/h5-9,19H,3-4,10,17H2,1-2H3,(H,18,20). The molecule has 1 aromatic heterocycles. The number of rotatable bonds is 6. The molecule has 0 unspecified atom stereocenters. The van der Waals surface area contributed by atoms with Crippen LogP contribution in [0.25, 0.3) is 0 Å². The van der Waals surface area contributed by atoms with Crippen LogP contribution >= 0.6 is 11.3 Å². The van der Waals surface area contributed by atoms with E-state index in [-0.39, 0.29) is 5.91 Å². The predicted octanol–water partition coefficient (Wildman–Crippen LogP) is 3.25. The largest absolute Gasteiger partial charge is 0.397 e. The summed E-state index contributed by atoms with van der Waals surface area (Å²) in [4.78, 5) is 14.4. The molecule has 0 saturated heterocycles. The summed E-state index contributed by atoms with van der Waals surface area (Å²) in [5.41, 5.74) is 8.04. The van der Waals surface area contributed by atoms with Gasteiger partial charge in [0.2, 0.25) is 0 Å². The average molecular weight is 303 g/mol. The molecule has 2 aromatic rings. The van der Waals surface area contributed by atoms with Gasteiger partial charge < -0.3 is 16.4 Å². The van der Waals surface area contributed by atoms with Gasteiger partial charge in [0, 0.05) is 28.4 Å². The van der Waals surface area contributed by atoms with Gasteiger partial charge in [-0.15, -0.1) is 11.3 Å². The van der Waals surface area contributed by atoms with Gasteiger partial charge in [-0.1, -0.05) is 6.92 Å². The molecule has 0 fully saturated rings. The number of carbonyl (C=O) groups is 1. The zero-order chi connectivity index (χ0) is 15.2. The van der Waals surface area contributed by atoms with Gasteiger partial charge in [0.25, 0.3) is 5.91 Å². The highest BCUT2D eigenvalue weighted by Crippen LogP contribution is 2.23. The predicted molar refractivity (Wildman–Crippen MR) is 89.9 cm³/mol. The van der Waals surface area contributed by atoms with Gasteiger partial charge in [0.05, 0.1) is 11.4 Å². The molecule has 0 atom stereocenters. The number of thiophene rings is 1. The van der Waals surface area contributed by atoms with E-state index in [0.29, 0.717) is 17.8 Å². The van der Waals surface area contributed by atoms with Crippen LogP contribution < -0.4 is 16.4 Å². The summed E-state index contributed by atoms with van der Waals surface area (Å²) in [5.74, 6) is -0.0957. The first kappa shape index (κ1) is 15.4. The number of nitrogens with two attached hydrogens (primary N) is 1. The van der Waals surface area contributed by atoms with Crippen molar-refractivity contribution >= 4 is 28.6 Å². The van der Waals surface area contributed by atoms with Crippen molar-refractivity contribution in [1.29, 1.82) is 0 Å². The normalized spacial score (nSPS) is 10.4. The topological polar surface area (TPSA) is 67.2 Å². The molecule has 1 aromatic carbocycles. The fourth-order valence-electron chi connectivity index (χ4n) is 2.02. The minimum Gasteiger partial charge on any atom is -0.397 e. The van der Waals surface area contributed by atoms with Gasteiger partial charge in [-0.3, -0.25) is 4.79 Å². The highest BCUT2D eigenvalue weighted by Gasteiger charge is 2.07. The summed E-state index contributed by atoms with van der Waals surface area (Å²) >= 11 is 1.81. The first-order valence-corrected chi connectivity index (χ1v) is 7.94. The Morgan fingerprint density at radius 3 is 2.57 bits per heavy atom. The lowest BCUT2D eigenvalue weighted by Gasteiger charge is -2.10. The third-order valence-electron chi connectivity index (χ3n) is 3.17. The Hall–Kier alpha value is -2.01. The average Bonchev–Trinajstić information content (AvgIpc) is 2.94. The fraction of sp³-hybridized carbons (Fsp3) is 0.312. The quantitative estimate of drug-likeness (QED) is 0.718. The number of benzene rings is 1. The number of carbonyl (C=O) groups excluding carboxylic acids is 1. The summed E-state index contributed by atoms with van der Waals surface area (Å²) in [5, 5.41) is 6.08. The van der Waals surface area contributed by atoms with Gasteiger partial charge in [-0.2, -0.15) is 0 Å². The molecule has 2 rings (SSSR count). The van der Waals surface area contributed by atoms with Crippen molar-refractivity contribution in [2.75, 3.05) is 17.6 Å². The minimum atomic E-state index is -0.0957. The van der Waals surface area contributed by atoms with Crippen LogP contribution in [0.5, 0.6) is 0 Å². The SMILES string of the molecule is CCNC(=O)c1ccc(NCc2ccc(CC)s2)c(N)c1. The first-order valence-electron chi connectivity index (χ1n) is 7.13. The van der Waals surface area contributed by atoms with Gasteiger partial charge in [0.1, 0.15) is 0 Å². The highest BCUT2D eigenvalue weighted by atomic mass is 32.1. The highest BCUT2D eigenvalue weighted by molar-refractivity contribution is 7.12. The molecule has 1 amide bonds. The lowest BCUT2D eigenvalue weighted by molar-refractivity contribution is 0.0956. The zero-order valence-electron chi connectivity index (χ0n) is 12.4. The summed E-state index contributed by atoms with van der Waals surface area (Å²) in [6.45, 7) is 5.40. The molecule has 21 heavy (non-hydrogen) atoms. The number of amides is 1. The lowest BCUT2D eigenvalue weighted by Crippen LogP contribution is -2.22. The Morgan fingerprint density at radius 2 is 1.95 bits per heavy atom. The number of nitrogens with one attached hydrogen (secondary N) is 2. The number of anilines is 2. The Kier molecular flexibility index (Phi) is 5.22. The van der Waals surface area contributed by atoms with Gasteiger partial charge in [-0.05, 0) is 43.7 Å². The van der Waals surface area contributed by atoms with Crippen LogP contribution in [0.1, 0.15) is 34.0 Å². The number of aryl methyl sites for hydroxylation is 1. The molecule has 0 saturated carbocycles. The van der Waals surface area contributed by atoms with Crippen LogP contribution in [-0.2, 0) is 13.0 Å². The monoisotopic (exact) mass is 303 g/mol. The number of nitrogen functional groups attached to an aromatic ring is 1. The molecule has 5 heteroatoms. The molecule has 4 nitrogen and oxygen atoms in total. The molecule has 1 heterocycles. The van der Waals surface area contributed by atoms with E-state index >= 15 is 0 Å². The van der Waals surface area contributed by atoms with Crippen LogP contribution in [0.15, 0.2) is 30.3 Å². The summed E-state index contributed by atoms with van der Waals surface area (Å²) in [7, 11) is 0. The molecule has 0 bridgehead atoms. The smallest absolute Gasteiger partial charge is 0.251 e. The van der Waals surface area contributed by atoms with Crippen molar-refractivity contribution in [1.82, 2.24) is 5.32 Å². The van der Waals surface area contributed by atoms with Crippen molar-refractivity contribution in [3.63, 3.8) is 0 Å². The van der Waals surface area contributed by atoms with E-state index in [1.807, 2.05) is 13.0 Å². The fourth-order valence-corrected chi connectivity index (χ4v) is 2.91. The molecule has 0 aliphatic rings. The first-order chi connectivity index (χ1) is 10.1. The molecule has 112 valence electrons. The molecule has 4 N–H and O–H groups in total. The maximum atomic E-state index is 11.7. The molecule has 0 aliphatic carbocycles. The Morgan fingerprint density at radius 1 is 1.19 bits per heavy atom. The van der Waals surface area contributed by atoms with Gasteiger partial charge in [0.15, 0.2) is 0 Å². The van der Waals surface area contributed by atoms with Crippen LogP contribution in [0.3, 0.4) is 0 Å². The lowest BCUT2D eigenvalue weighted by atomic mass is 10.1. The molecule has 0 radical (unpaired) electrons. The van der Waals surface area contributed by atoms with Crippen LogP contribution in [0, 0.1) is 0 Å². The Labute approximate surface area is 129 Å². The van der Waals surface area contributed by atoms with E-state index in [4.69, 9.17) is 5.73 Å². The molecule has 0 spiro atoms. The molecular weight excluding hydrogens is 282 g/mol. The number of hydrogen-bond donors (Lipinski definition) is 3. The number of hydrogen-bond acceptors (Lipinski definition) is 4. The van der Waals surface area contributed by atoms with Crippen molar-refractivity contribution < 1.29 is 4.79 Å². The van der Waals surface area contributed by atoms with E-state index in [1.54, 1.807) is 23.5 Å². The summed E-state index contributed by atoms with van der Waals surface area (Å²) < 4.78 is 0. The van der Waals surface area contributed by atoms with E-state index < -0.39 is 0 Å². The Bertz CT molecular complexity index is 622. The second kappa shape index (κ2) is 7.13. The zero-order valence-corrected chi connectivity index (χ0v) is 13.2. The maximum absolute atomic E-state index is 11.7. The third kappa shape index (κ3) is 3.98. The van der Waals surface area contributed by atoms with Crippen molar-refractivity contribution in [3.05, 3.63) is 45.6 Å². The van der Waals surface area contributed by atoms with Crippen LogP contribution in [-0.4, -0.2) is 12.5 Å². The second-order valence-electron chi connectivity index (χ2n) is 4.74. The van der Waals surface area contributed by atoms with Crippen LogP contribution in [0.4, 0.5) is 11.4 Å². The molecule has 0 aliphatic heterocycles. The van der Waals surface area contributed by atoms with Crippen LogP contribution in [0.2, 0.25) is 0 Å². The van der Waals surface area contributed by atoms with E-state index in [1.165, 1.54) is 9.75 Å². The van der Waals surface area contributed by atoms with E-state index in [0.717, 1.165) is 18.7 Å². The minimum absolute atomic E-state index is 0.0957. The van der Waals surface area contributed by atoms with Gasteiger partial charge >= 0.3 is 0 Å². The maximum Gasteiger partial charge on any atom is 0.251 e. The summed E-state index contributed by atoms with van der Waals surface area (Å²) in [6.07, 6.45) is 1.06. The molecular formula is C16H21N3OS. The van der Waals surface area contributed by atoms with Gasteiger partial charge in [-0.25, -0.2) is 0 Å².